The highest BCUT2D eigenvalue weighted by molar-refractivity contribution is 5.90. The first-order valence-electron chi connectivity index (χ1n) is 7.19. The Hall–Kier alpha value is -1.39. The van der Waals surface area contributed by atoms with Crippen LogP contribution in [0.4, 0.5) is 5.69 Å². The molecule has 1 amide bonds. The van der Waals surface area contributed by atoms with E-state index in [0.29, 0.717) is 19.6 Å². The largest absolute Gasteiger partial charge is 0.376 e. The Morgan fingerprint density at radius 1 is 1.40 bits per heavy atom. The van der Waals surface area contributed by atoms with E-state index in [4.69, 9.17) is 10.5 Å². The first-order valence-corrected chi connectivity index (χ1v) is 7.19. The Kier molecular flexibility index (Phi) is 6.68. The minimum Gasteiger partial charge on any atom is -0.376 e. The van der Waals surface area contributed by atoms with Crippen LogP contribution in [-0.2, 0) is 16.1 Å². The van der Waals surface area contributed by atoms with Crippen LogP contribution in [0.2, 0.25) is 0 Å². The summed E-state index contributed by atoms with van der Waals surface area (Å²) >= 11 is 0. The molecule has 0 saturated carbocycles. The summed E-state index contributed by atoms with van der Waals surface area (Å²) in [7, 11) is 0. The molecule has 0 aliphatic heterocycles. The van der Waals surface area contributed by atoms with Crippen molar-refractivity contribution in [2.75, 3.05) is 11.9 Å². The highest BCUT2D eigenvalue weighted by Gasteiger charge is 2.14. The Morgan fingerprint density at radius 3 is 2.80 bits per heavy atom. The van der Waals surface area contributed by atoms with Crippen molar-refractivity contribution >= 4 is 11.6 Å². The van der Waals surface area contributed by atoms with Gasteiger partial charge in [0, 0.05) is 25.3 Å². The zero-order valence-corrected chi connectivity index (χ0v) is 12.7. The van der Waals surface area contributed by atoms with Gasteiger partial charge >= 0.3 is 0 Å². The highest BCUT2D eigenvalue weighted by atomic mass is 16.5. The predicted octanol–water partition coefficient (Wildman–Crippen LogP) is 3.07. The molecule has 0 unspecified atom stereocenters. The van der Waals surface area contributed by atoms with Crippen LogP contribution in [-0.4, -0.2) is 18.1 Å². The van der Waals surface area contributed by atoms with Crippen molar-refractivity contribution in [2.24, 2.45) is 5.73 Å². The third kappa shape index (κ3) is 6.17. The lowest BCUT2D eigenvalue weighted by atomic mass is 10.1. The Bertz CT molecular complexity index is 430. The van der Waals surface area contributed by atoms with Gasteiger partial charge in [0.25, 0.3) is 0 Å². The van der Waals surface area contributed by atoms with E-state index in [1.165, 1.54) is 0 Å². The molecule has 20 heavy (non-hydrogen) atoms. The monoisotopic (exact) mass is 278 g/mol. The van der Waals surface area contributed by atoms with Gasteiger partial charge in [-0.15, -0.1) is 0 Å². The van der Waals surface area contributed by atoms with Gasteiger partial charge in [-0.05, 0) is 44.4 Å². The molecular formula is C16H26N2O2. The van der Waals surface area contributed by atoms with Gasteiger partial charge in [-0.1, -0.05) is 19.1 Å². The summed E-state index contributed by atoms with van der Waals surface area (Å²) in [5, 5.41) is 2.88. The second-order valence-electron chi connectivity index (χ2n) is 5.52. The van der Waals surface area contributed by atoms with Crippen molar-refractivity contribution in [1.82, 2.24) is 0 Å². The fraction of sp³-hybridized carbons (Fsp3) is 0.562. The first-order chi connectivity index (χ1) is 9.46. The second-order valence-corrected chi connectivity index (χ2v) is 5.52. The average molecular weight is 278 g/mol. The van der Waals surface area contributed by atoms with Crippen molar-refractivity contribution in [3.05, 3.63) is 29.8 Å². The predicted molar refractivity (Wildman–Crippen MR) is 82.5 cm³/mol. The maximum atomic E-state index is 11.8. The molecule has 1 rings (SSSR count). The molecule has 0 radical (unpaired) electrons. The van der Waals surface area contributed by atoms with Gasteiger partial charge in [-0.3, -0.25) is 4.79 Å². The van der Waals surface area contributed by atoms with Crippen LogP contribution in [0.1, 0.15) is 45.6 Å². The number of nitrogens with one attached hydrogen (secondary N) is 1. The number of benzene rings is 1. The molecule has 0 bridgehead atoms. The molecule has 3 N–H and O–H groups in total. The maximum Gasteiger partial charge on any atom is 0.224 e. The van der Waals surface area contributed by atoms with Gasteiger partial charge in [-0.25, -0.2) is 0 Å². The van der Waals surface area contributed by atoms with Crippen LogP contribution in [0.15, 0.2) is 24.3 Å². The molecule has 4 heteroatoms. The second kappa shape index (κ2) is 8.02. The number of ether oxygens (including phenoxy) is 1. The van der Waals surface area contributed by atoms with E-state index < -0.39 is 0 Å². The summed E-state index contributed by atoms with van der Waals surface area (Å²) in [4.78, 5) is 11.8. The van der Waals surface area contributed by atoms with Crippen molar-refractivity contribution in [1.29, 1.82) is 0 Å². The Balaban J connectivity index is 2.30. The number of carbonyl (C=O) groups excluding carboxylic acids is 1. The summed E-state index contributed by atoms with van der Waals surface area (Å²) in [6.07, 6.45) is 2.16. The highest BCUT2D eigenvalue weighted by Crippen LogP contribution is 2.14. The van der Waals surface area contributed by atoms with Gasteiger partial charge < -0.3 is 15.8 Å². The van der Waals surface area contributed by atoms with Gasteiger partial charge in [0.05, 0.1) is 5.60 Å². The third-order valence-electron chi connectivity index (χ3n) is 3.34. The van der Waals surface area contributed by atoms with Crippen LogP contribution in [0.3, 0.4) is 0 Å². The lowest BCUT2D eigenvalue weighted by Gasteiger charge is -2.23. The van der Waals surface area contributed by atoms with E-state index >= 15 is 0 Å². The van der Waals surface area contributed by atoms with Crippen LogP contribution < -0.4 is 11.1 Å². The molecule has 0 aromatic heterocycles. The Labute approximate surface area is 121 Å². The molecule has 4 nitrogen and oxygen atoms in total. The smallest absolute Gasteiger partial charge is 0.224 e. The topological polar surface area (TPSA) is 64.3 Å². The third-order valence-corrected chi connectivity index (χ3v) is 3.34. The summed E-state index contributed by atoms with van der Waals surface area (Å²) in [6.45, 7) is 7.30. The fourth-order valence-electron chi connectivity index (χ4n) is 1.68. The van der Waals surface area contributed by atoms with E-state index in [0.717, 1.165) is 24.1 Å². The van der Waals surface area contributed by atoms with E-state index in [2.05, 4.69) is 26.1 Å². The van der Waals surface area contributed by atoms with E-state index in [1.54, 1.807) is 0 Å². The molecular weight excluding hydrogens is 252 g/mol. The number of amides is 1. The summed E-state index contributed by atoms with van der Waals surface area (Å²) in [5.41, 5.74) is 7.28. The maximum absolute atomic E-state index is 11.8. The number of anilines is 1. The van der Waals surface area contributed by atoms with Crippen LogP contribution >= 0.6 is 0 Å². The minimum absolute atomic E-state index is 0.0112. The van der Waals surface area contributed by atoms with Crippen LogP contribution in [0.25, 0.3) is 0 Å². The molecule has 0 aliphatic carbocycles. The molecule has 112 valence electrons. The molecule has 0 spiro atoms. The van der Waals surface area contributed by atoms with E-state index in [9.17, 15) is 4.79 Å². The fourth-order valence-corrected chi connectivity index (χ4v) is 1.68. The zero-order valence-electron chi connectivity index (χ0n) is 12.7. The standard InChI is InChI=1S/C16H26N2O2/c1-4-16(2,3)20-10-6-9-15(19)18-14-8-5-7-13(11-14)12-17/h5,7-8,11H,4,6,9-10,12,17H2,1-3H3,(H,18,19). The van der Waals surface area contributed by atoms with Gasteiger partial charge in [0.15, 0.2) is 0 Å². The van der Waals surface area contributed by atoms with E-state index in [-0.39, 0.29) is 11.5 Å². The number of carbonyl (C=O) groups is 1. The minimum atomic E-state index is -0.105. The number of hydrogen-bond acceptors (Lipinski definition) is 3. The van der Waals surface area contributed by atoms with Crippen molar-refractivity contribution in [3.8, 4) is 0 Å². The first kappa shape index (κ1) is 16.7. The van der Waals surface area contributed by atoms with Gasteiger partial charge in [-0.2, -0.15) is 0 Å². The van der Waals surface area contributed by atoms with Gasteiger partial charge in [0.1, 0.15) is 0 Å². The molecule has 0 saturated heterocycles. The SMILES string of the molecule is CCC(C)(C)OCCCC(=O)Nc1cccc(CN)c1. The van der Waals surface area contributed by atoms with Crippen molar-refractivity contribution < 1.29 is 9.53 Å². The van der Waals surface area contributed by atoms with Crippen molar-refractivity contribution in [3.63, 3.8) is 0 Å². The quantitative estimate of drug-likeness (QED) is 0.718. The average Bonchev–Trinajstić information content (AvgIpc) is 2.44. The summed E-state index contributed by atoms with van der Waals surface area (Å²) in [6, 6.07) is 7.60. The normalized spacial score (nSPS) is 11.4. The Morgan fingerprint density at radius 2 is 2.15 bits per heavy atom. The molecule has 1 aromatic rings. The van der Waals surface area contributed by atoms with E-state index in [1.807, 2.05) is 24.3 Å². The van der Waals surface area contributed by atoms with Crippen LogP contribution in [0, 0.1) is 0 Å². The van der Waals surface area contributed by atoms with Crippen LogP contribution in [0.5, 0.6) is 0 Å². The summed E-state index contributed by atoms with van der Waals surface area (Å²) < 4.78 is 5.72. The number of hydrogen-bond donors (Lipinski definition) is 2. The molecule has 0 atom stereocenters. The summed E-state index contributed by atoms with van der Waals surface area (Å²) in [5.74, 6) is 0.0112. The van der Waals surface area contributed by atoms with Gasteiger partial charge in [0.2, 0.25) is 5.91 Å². The number of rotatable bonds is 8. The molecule has 0 aliphatic rings. The molecule has 1 aromatic carbocycles. The lowest BCUT2D eigenvalue weighted by molar-refractivity contribution is -0.117. The lowest BCUT2D eigenvalue weighted by Crippen LogP contribution is -2.24. The molecule has 0 heterocycles. The molecule has 0 fully saturated rings. The number of nitrogens with two attached hydrogens (primary N) is 1. The zero-order chi connectivity index (χ0) is 15.0. The van der Waals surface area contributed by atoms with Crippen molar-refractivity contribution in [2.45, 2.75) is 52.2 Å².